The first kappa shape index (κ1) is 10.7. The van der Waals surface area contributed by atoms with Crippen molar-refractivity contribution in [3.63, 3.8) is 0 Å². The Morgan fingerprint density at radius 3 is 1.92 bits per heavy atom. The van der Waals surface area contributed by atoms with Gasteiger partial charge in [-0.1, -0.05) is 49.1 Å². The van der Waals surface area contributed by atoms with Gasteiger partial charge in [0, 0.05) is 0 Å². The Balaban J connectivity index is 0.000000261. The smallest absolute Gasteiger partial charge is 0.0609 e. The van der Waals surface area contributed by atoms with Gasteiger partial charge < -0.3 is 5.11 Å². The summed E-state index contributed by atoms with van der Waals surface area (Å²) >= 11 is 0. The summed E-state index contributed by atoms with van der Waals surface area (Å²) < 4.78 is 0. The van der Waals surface area contributed by atoms with Gasteiger partial charge in [0.2, 0.25) is 0 Å². The molecular weight excluding hydrogens is 148 g/mol. The Labute approximate surface area is 73.7 Å². The summed E-state index contributed by atoms with van der Waals surface area (Å²) in [5.74, 6) is 0. The van der Waals surface area contributed by atoms with Crippen LogP contribution >= 0.6 is 0 Å². The summed E-state index contributed by atoms with van der Waals surface area (Å²) in [6.07, 6.45) is 3.26. The second-order valence-electron chi connectivity index (χ2n) is 2.09. The van der Waals surface area contributed by atoms with Crippen molar-refractivity contribution in [3.8, 4) is 0 Å². The van der Waals surface area contributed by atoms with E-state index in [0.717, 1.165) is 0 Å². The Hall–Kier alpha value is -1.34. The quantitative estimate of drug-likeness (QED) is 0.662. The molecule has 1 aromatic carbocycles. The molecule has 0 heterocycles. The van der Waals surface area contributed by atoms with Gasteiger partial charge in [0.25, 0.3) is 0 Å². The Morgan fingerprint density at radius 2 is 1.67 bits per heavy atom. The number of rotatable bonds is 2. The fraction of sp³-hybridized carbons (Fsp3) is 0.0909. The topological polar surface area (TPSA) is 20.2 Å². The van der Waals surface area contributed by atoms with Crippen LogP contribution < -0.4 is 0 Å². The number of hydrogen-bond donors (Lipinski definition) is 1. The predicted octanol–water partition coefficient (Wildman–Crippen LogP) is 2.49. The van der Waals surface area contributed by atoms with Gasteiger partial charge in [-0.3, -0.25) is 0 Å². The first-order valence-corrected chi connectivity index (χ1v) is 3.74. The molecule has 0 aromatic heterocycles. The molecular formula is C11H14O. The third-order valence-corrected chi connectivity index (χ3v) is 1.16. The zero-order valence-electron chi connectivity index (χ0n) is 7.11. The lowest BCUT2D eigenvalue weighted by molar-refractivity contribution is 0.343. The van der Waals surface area contributed by atoms with Gasteiger partial charge in [0.15, 0.2) is 0 Å². The molecule has 1 nitrogen and oxygen atoms in total. The predicted molar refractivity (Wildman–Crippen MR) is 53.8 cm³/mol. The van der Waals surface area contributed by atoms with E-state index in [9.17, 15) is 0 Å². The second kappa shape index (κ2) is 7.76. The van der Waals surface area contributed by atoms with Crippen molar-refractivity contribution in [2.24, 2.45) is 0 Å². The van der Waals surface area contributed by atoms with Crippen LogP contribution in [0.15, 0.2) is 49.6 Å². The van der Waals surface area contributed by atoms with E-state index in [2.05, 4.69) is 13.2 Å². The van der Waals surface area contributed by atoms with E-state index in [1.807, 2.05) is 36.4 Å². The van der Waals surface area contributed by atoms with E-state index >= 15 is 0 Å². The van der Waals surface area contributed by atoms with Crippen LogP contribution in [0.2, 0.25) is 0 Å². The van der Waals surface area contributed by atoms with Crippen LogP contribution in [-0.4, -0.2) is 11.7 Å². The van der Waals surface area contributed by atoms with Crippen molar-refractivity contribution in [2.45, 2.75) is 0 Å². The van der Waals surface area contributed by atoms with Crippen molar-refractivity contribution in [1.82, 2.24) is 0 Å². The SMILES string of the molecule is C=CCO.C=Cc1ccccc1. The zero-order valence-corrected chi connectivity index (χ0v) is 7.11. The maximum atomic E-state index is 7.76. The highest BCUT2D eigenvalue weighted by atomic mass is 16.2. The molecule has 0 saturated carbocycles. The van der Waals surface area contributed by atoms with E-state index in [-0.39, 0.29) is 6.61 Å². The summed E-state index contributed by atoms with van der Waals surface area (Å²) in [7, 11) is 0. The molecule has 0 fully saturated rings. The average molecular weight is 162 g/mol. The van der Waals surface area contributed by atoms with Gasteiger partial charge in [-0.25, -0.2) is 0 Å². The lowest BCUT2D eigenvalue weighted by Crippen LogP contribution is -1.63. The molecule has 0 bridgehead atoms. The van der Waals surface area contributed by atoms with Gasteiger partial charge in [0.05, 0.1) is 6.61 Å². The molecule has 0 atom stereocenters. The van der Waals surface area contributed by atoms with Gasteiger partial charge in [0.1, 0.15) is 0 Å². The maximum absolute atomic E-state index is 7.76. The molecule has 0 radical (unpaired) electrons. The monoisotopic (exact) mass is 162 g/mol. The van der Waals surface area contributed by atoms with Gasteiger partial charge in [-0.15, -0.1) is 6.58 Å². The summed E-state index contributed by atoms with van der Waals surface area (Å²) in [6.45, 7) is 6.94. The summed E-state index contributed by atoms with van der Waals surface area (Å²) in [5.41, 5.74) is 1.17. The lowest BCUT2D eigenvalue weighted by Gasteiger charge is -1.85. The first-order chi connectivity index (χ1) is 5.85. The summed E-state index contributed by atoms with van der Waals surface area (Å²) in [5, 5.41) is 7.76. The van der Waals surface area contributed by atoms with E-state index < -0.39 is 0 Å². The fourth-order valence-corrected chi connectivity index (χ4v) is 0.589. The minimum atomic E-state index is 0.0833. The highest BCUT2D eigenvalue weighted by molar-refractivity contribution is 5.45. The molecule has 1 rings (SSSR count). The van der Waals surface area contributed by atoms with Crippen LogP contribution in [0.25, 0.3) is 6.08 Å². The molecule has 64 valence electrons. The standard InChI is InChI=1S/C8H8.C3H6O/c1-2-8-6-4-3-5-7-8;1-2-3-4/h2-7H,1H2;2,4H,1,3H2. The van der Waals surface area contributed by atoms with E-state index in [1.54, 1.807) is 0 Å². The third kappa shape index (κ3) is 5.45. The minimum Gasteiger partial charge on any atom is -0.392 e. The van der Waals surface area contributed by atoms with Crippen LogP contribution in [-0.2, 0) is 0 Å². The molecule has 1 heteroatoms. The van der Waals surface area contributed by atoms with E-state index in [1.165, 1.54) is 11.6 Å². The summed E-state index contributed by atoms with van der Waals surface area (Å²) in [6, 6.07) is 10.0. The van der Waals surface area contributed by atoms with Crippen LogP contribution in [0.3, 0.4) is 0 Å². The minimum absolute atomic E-state index is 0.0833. The maximum Gasteiger partial charge on any atom is 0.0609 e. The lowest BCUT2D eigenvalue weighted by atomic mass is 10.2. The van der Waals surface area contributed by atoms with Crippen LogP contribution in [0, 0.1) is 0 Å². The zero-order chi connectivity index (χ0) is 9.23. The van der Waals surface area contributed by atoms with Crippen molar-refractivity contribution < 1.29 is 5.11 Å². The van der Waals surface area contributed by atoms with Crippen molar-refractivity contribution in [1.29, 1.82) is 0 Å². The first-order valence-electron chi connectivity index (χ1n) is 3.74. The van der Waals surface area contributed by atoms with Crippen molar-refractivity contribution >= 4 is 6.08 Å². The number of aliphatic hydroxyl groups excluding tert-OH is 1. The van der Waals surface area contributed by atoms with Crippen LogP contribution in [0.4, 0.5) is 0 Å². The Kier molecular flexibility index (Phi) is 6.90. The second-order valence-corrected chi connectivity index (χ2v) is 2.09. The third-order valence-electron chi connectivity index (χ3n) is 1.16. The fourth-order valence-electron chi connectivity index (χ4n) is 0.589. The molecule has 0 aliphatic heterocycles. The van der Waals surface area contributed by atoms with Crippen LogP contribution in [0.5, 0.6) is 0 Å². The normalized spacial score (nSPS) is 7.75. The highest BCUT2D eigenvalue weighted by Crippen LogP contribution is 1.97. The number of aliphatic hydroxyl groups is 1. The molecule has 0 aliphatic carbocycles. The van der Waals surface area contributed by atoms with Gasteiger partial charge >= 0.3 is 0 Å². The summed E-state index contributed by atoms with van der Waals surface area (Å²) in [4.78, 5) is 0. The van der Waals surface area contributed by atoms with Crippen LogP contribution in [0.1, 0.15) is 5.56 Å². The molecule has 0 amide bonds. The molecule has 0 unspecified atom stereocenters. The van der Waals surface area contributed by atoms with E-state index in [4.69, 9.17) is 5.11 Å². The Morgan fingerprint density at radius 1 is 1.17 bits per heavy atom. The highest BCUT2D eigenvalue weighted by Gasteiger charge is 1.75. The largest absolute Gasteiger partial charge is 0.392 e. The molecule has 1 N–H and O–H groups in total. The van der Waals surface area contributed by atoms with Crippen molar-refractivity contribution in [3.05, 3.63) is 55.1 Å². The molecule has 1 aromatic rings. The molecule has 12 heavy (non-hydrogen) atoms. The number of hydrogen-bond acceptors (Lipinski definition) is 1. The Bertz CT molecular complexity index is 214. The van der Waals surface area contributed by atoms with Gasteiger partial charge in [-0.05, 0) is 5.56 Å². The average Bonchev–Trinajstić information content (AvgIpc) is 2.19. The molecule has 0 spiro atoms. The molecule has 0 aliphatic rings. The van der Waals surface area contributed by atoms with E-state index in [0.29, 0.717) is 0 Å². The van der Waals surface area contributed by atoms with Crippen molar-refractivity contribution in [2.75, 3.05) is 6.61 Å². The van der Waals surface area contributed by atoms with Gasteiger partial charge in [-0.2, -0.15) is 0 Å². The number of benzene rings is 1. The molecule has 0 saturated heterocycles.